The van der Waals surface area contributed by atoms with Gasteiger partial charge in [-0.05, 0) is 42.9 Å². The van der Waals surface area contributed by atoms with Crippen LogP contribution in [0.3, 0.4) is 0 Å². The summed E-state index contributed by atoms with van der Waals surface area (Å²) in [7, 11) is 0. The van der Waals surface area contributed by atoms with Crippen LogP contribution in [0.25, 0.3) is 0 Å². The maximum absolute atomic E-state index is 11.2. The molecule has 0 aromatic heterocycles. The molecule has 0 bridgehead atoms. The second-order valence-electron chi connectivity index (χ2n) is 8.23. The third-order valence-electron chi connectivity index (χ3n) is 5.19. The molecule has 0 heterocycles. The predicted octanol–water partition coefficient (Wildman–Crippen LogP) is 3.08. The molecule has 0 saturated heterocycles. The van der Waals surface area contributed by atoms with Gasteiger partial charge in [0.1, 0.15) is 0 Å². The normalized spacial score (nSPS) is 32.8. The molecule has 0 spiro atoms. The lowest BCUT2D eigenvalue weighted by atomic mass is 9.48. The first-order valence-electron chi connectivity index (χ1n) is 7.06. The minimum atomic E-state index is -0.536. The van der Waals surface area contributed by atoms with E-state index in [1.807, 2.05) is 0 Å². The highest BCUT2D eigenvalue weighted by Gasteiger charge is 2.58. The van der Waals surface area contributed by atoms with Gasteiger partial charge < -0.3 is 10.8 Å². The molecule has 17 heavy (non-hydrogen) atoms. The monoisotopic (exact) mass is 239 g/mol. The molecule has 3 N–H and O–H groups in total. The number of hydrogen-bond donors (Lipinski definition) is 2. The van der Waals surface area contributed by atoms with Crippen LogP contribution in [0.2, 0.25) is 0 Å². The summed E-state index contributed by atoms with van der Waals surface area (Å²) in [4.78, 5) is 0. The molecule has 0 aromatic carbocycles. The van der Waals surface area contributed by atoms with Gasteiger partial charge >= 0.3 is 0 Å². The van der Waals surface area contributed by atoms with E-state index in [1.165, 1.54) is 12.8 Å². The van der Waals surface area contributed by atoms with Crippen molar-refractivity contribution in [2.75, 3.05) is 6.54 Å². The van der Waals surface area contributed by atoms with Crippen LogP contribution in [-0.4, -0.2) is 17.3 Å². The van der Waals surface area contributed by atoms with Crippen LogP contribution in [-0.2, 0) is 0 Å². The van der Waals surface area contributed by atoms with Crippen LogP contribution < -0.4 is 5.73 Å². The van der Waals surface area contributed by atoms with E-state index in [0.29, 0.717) is 6.54 Å². The number of rotatable bonds is 2. The zero-order valence-corrected chi connectivity index (χ0v) is 12.0. The molecule has 2 fully saturated rings. The van der Waals surface area contributed by atoms with Crippen molar-refractivity contribution in [3.63, 3.8) is 0 Å². The predicted molar refractivity (Wildman–Crippen MR) is 71.7 cm³/mol. The summed E-state index contributed by atoms with van der Waals surface area (Å²) in [5.41, 5.74) is 5.94. The van der Waals surface area contributed by atoms with Crippen molar-refractivity contribution in [1.82, 2.24) is 0 Å². The van der Waals surface area contributed by atoms with Crippen molar-refractivity contribution in [3.05, 3.63) is 0 Å². The summed E-state index contributed by atoms with van der Waals surface area (Å²) in [6.45, 7) is 9.82. The van der Waals surface area contributed by atoms with Gasteiger partial charge in [-0.3, -0.25) is 0 Å². The molecule has 2 saturated carbocycles. The van der Waals surface area contributed by atoms with E-state index in [4.69, 9.17) is 5.73 Å². The highest BCUT2D eigenvalue weighted by Crippen LogP contribution is 2.60. The standard InChI is InChI=1S/C15H29NO/c1-12(2)8-13(3,4)10-15(17,9-12)14(11-16)6-5-7-14/h17H,5-11,16H2,1-4H3. The summed E-state index contributed by atoms with van der Waals surface area (Å²) >= 11 is 0. The SMILES string of the molecule is CC1(C)CC(C)(C)CC(O)(C2(CN)CCC2)C1. The zero-order chi connectivity index (χ0) is 12.9. The lowest BCUT2D eigenvalue weighted by Crippen LogP contribution is -2.61. The Kier molecular flexibility index (Phi) is 2.91. The van der Waals surface area contributed by atoms with Gasteiger partial charge in [0.25, 0.3) is 0 Å². The highest BCUT2D eigenvalue weighted by atomic mass is 16.3. The van der Waals surface area contributed by atoms with Gasteiger partial charge in [-0.15, -0.1) is 0 Å². The van der Waals surface area contributed by atoms with Crippen LogP contribution in [0.15, 0.2) is 0 Å². The molecular weight excluding hydrogens is 210 g/mol. The lowest BCUT2D eigenvalue weighted by molar-refractivity contribution is -0.188. The van der Waals surface area contributed by atoms with Crippen molar-refractivity contribution in [1.29, 1.82) is 0 Å². The molecule has 0 unspecified atom stereocenters. The summed E-state index contributed by atoms with van der Waals surface area (Å²) in [5.74, 6) is 0. The molecule has 0 atom stereocenters. The average molecular weight is 239 g/mol. The van der Waals surface area contributed by atoms with Crippen molar-refractivity contribution in [2.45, 2.75) is 71.8 Å². The van der Waals surface area contributed by atoms with E-state index < -0.39 is 5.60 Å². The quantitative estimate of drug-likeness (QED) is 0.778. The molecule has 2 nitrogen and oxygen atoms in total. The topological polar surface area (TPSA) is 46.2 Å². The van der Waals surface area contributed by atoms with Crippen LogP contribution in [0.1, 0.15) is 66.2 Å². The van der Waals surface area contributed by atoms with Crippen LogP contribution in [0.4, 0.5) is 0 Å². The summed E-state index contributed by atoms with van der Waals surface area (Å²) in [6.07, 6.45) is 6.50. The Bertz CT molecular complexity index is 281. The Morgan fingerprint density at radius 1 is 0.941 bits per heavy atom. The third kappa shape index (κ3) is 2.15. The van der Waals surface area contributed by atoms with E-state index in [1.54, 1.807) is 0 Å². The van der Waals surface area contributed by atoms with E-state index in [9.17, 15) is 5.11 Å². The molecule has 0 amide bonds. The first-order valence-corrected chi connectivity index (χ1v) is 7.06. The zero-order valence-electron chi connectivity index (χ0n) is 12.0. The number of hydrogen-bond acceptors (Lipinski definition) is 2. The van der Waals surface area contributed by atoms with Crippen molar-refractivity contribution >= 4 is 0 Å². The van der Waals surface area contributed by atoms with Crippen molar-refractivity contribution in [3.8, 4) is 0 Å². The molecule has 0 aromatic rings. The van der Waals surface area contributed by atoms with E-state index in [0.717, 1.165) is 25.7 Å². The first-order chi connectivity index (χ1) is 7.64. The molecular formula is C15H29NO. The Labute approximate surface area is 106 Å². The van der Waals surface area contributed by atoms with E-state index >= 15 is 0 Å². The largest absolute Gasteiger partial charge is 0.389 e. The van der Waals surface area contributed by atoms with Crippen LogP contribution >= 0.6 is 0 Å². The first kappa shape index (κ1) is 13.4. The summed E-state index contributed by atoms with van der Waals surface area (Å²) in [6, 6.07) is 0. The third-order valence-corrected chi connectivity index (χ3v) is 5.19. The fraction of sp³-hybridized carbons (Fsp3) is 1.00. The van der Waals surface area contributed by atoms with E-state index in [2.05, 4.69) is 27.7 Å². The number of aliphatic hydroxyl groups is 1. The number of nitrogens with two attached hydrogens (primary N) is 1. The maximum Gasteiger partial charge on any atom is 0.0725 e. The van der Waals surface area contributed by atoms with Crippen LogP contribution in [0, 0.1) is 16.2 Å². The van der Waals surface area contributed by atoms with Gasteiger partial charge in [-0.2, -0.15) is 0 Å². The molecule has 100 valence electrons. The molecule has 0 aliphatic heterocycles. The minimum Gasteiger partial charge on any atom is -0.389 e. The molecule has 2 aliphatic carbocycles. The highest BCUT2D eigenvalue weighted by molar-refractivity contribution is 5.10. The maximum atomic E-state index is 11.2. The fourth-order valence-corrected chi connectivity index (χ4v) is 4.90. The Balaban J connectivity index is 2.30. The van der Waals surface area contributed by atoms with Gasteiger partial charge in [0.15, 0.2) is 0 Å². The van der Waals surface area contributed by atoms with Crippen molar-refractivity contribution < 1.29 is 5.11 Å². The minimum absolute atomic E-state index is 0.0158. The smallest absolute Gasteiger partial charge is 0.0725 e. The Morgan fingerprint density at radius 3 is 1.71 bits per heavy atom. The van der Waals surface area contributed by atoms with Crippen LogP contribution in [0.5, 0.6) is 0 Å². The second kappa shape index (κ2) is 3.71. The van der Waals surface area contributed by atoms with Gasteiger partial charge in [0.05, 0.1) is 5.60 Å². The Hall–Kier alpha value is -0.0800. The summed E-state index contributed by atoms with van der Waals surface area (Å²) < 4.78 is 0. The molecule has 0 radical (unpaired) electrons. The molecule has 2 aliphatic rings. The fourth-order valence-electron chi connectivity index (χ4n) is 4.90. The second-order valence-corrected chi connectivity index (χ2v) is 8.23. The summed E-state index contributed by atoms with van der Waals surface area (Å²) in [5, 5.41) is 11.2. The average Bonchev–Trinajstić information content (AvgIpc) is 1.93. The lowest BCUT2D eigenvalue weighted by Gasteiger charge is -2.60. The van der Waals surface area contributed by atoms with E-state index in [-0.39, 0.29) is 16.2 Å². The van der Waals surface area contributed by atoms with Gasteiger partial charge in [0.2, 0.25) is 0 Å². The van der Waals surface area contributed by atoms with Gasteiger partial charge in [0, 0.05) is 12.0 Å². The van der Waals surface area contributed by atoms with Gasteiger partial charge in [-0.25, -0.2) is 0 Å². The molecule has 2 rings (SSSR count). The van der Waals surface area contributed by atoms with Crippen molar-refractivity contribution in [2.24, 2.45) is 22.0 Å². The molecule has 2 heteroatoms. The van der Waals surface area contributed by atoms with Gasteiger partial charge in [-0.1, -0.05) is 34.1 Å². The Morgan fingerprint density at radius 2 is 1.41 bits per heavy atom.